The first-order valence-corrected chi connectivity index (χ1v) is 6.77. The number of nitrogens with one attached hydrogen (secondary N) is 2. The quantitative estimate of drug-likeness (QED) is 0.844. The molecule has 0 radical (unpaired) electrons. The Morgan fingerprint density at radius 1 is 1.14 bits per heavy atom. The van der Waals surface area contributed by atoms with Gasteiger partial charge in [-0.05, 0) is 17.7 Å². The van der Waals surface area contributed by atoms with Gasteiger partial charge in [-0.15, -0.1) is 0 Å². The van der Waals surface area contributed by atoms with Gasteiger partial charge >= 0.3 is 6.61 Å². The molecule has 122 valence electrons. The molecule has 2 N–H and O–H groups in total. The number of hydrogen-bond acceptors (Lipinski definition) is 3. The van der Waals surface area contributed by atoms with Gasteiger partial charge < -0.3 is 15.4 Å². The van der Waals surface area contributed by atoms with E-state index in [1.54, 1.807) is 32.9 Å². The molecule has 0 aliphatic rings. The van der Waals surface area contributed by atoms with E-state index in [4.69, 9.17) is 0 Å². The summed E-state index contributed by atoms with van der Waals surface area (Å²) in [5, 5.41) is 5.16. The van der Waals surface area contributed by atoms with Crippen molar-refractivity contribution in [2.75, 3.05) is 6.54 Å². The van der Waals surface area contributed by atoms with Gasteiger partial charge in [0.25, 0.3) is 0 Å². The molecule has 0 atom stereocenters. The van der Waals surface area contributed by atoms with Crippen LogP contribution in [0.3, 0.4) is 0 Å². The number of ether oxygens (including phenoxy) is 1. The van der Waals surface area contributed by atoms with E-state index in [-0.39, 0.29) is 30.7 Å². The highest BCUT2D eigenvalue weighted by Crippen LogP contribution is 2.14. The fraction of sp³-hybridized carbons (Fsp3) is 0.467. The van der Waals surface area contributed by atoms with Crippen molar-refractivity contribution in [3.63, 3.8) is 0 Å². The van der Waals surface area contributed by atoms with Gasteiger partial charge in [0.1, 0.15) is 5.75 Å². The maximum atomic E-state index is 12.0. The third kappa shape index (κ3) is 6.51. The normalized spacial score (nSPS) is 11.2. The maximum Gasteiger partial charge on any atom is 0.387 e. The summed E-state index contributed by atoms with van der Waals surface area (Å²) in [4.78, 5) is 23.2. The molecule has 5 nitrogen and oxygen atoms in total. The molecule has 1 aromatic carbocycles. The van der Waals surface area contributed by atoms with Crippen molar-refractivity contribution in [2.45, 2.75) is 33.9 Å². The molecule has 0 aromatic heterocycles. The zero-order chi connectivity index (χ0) is 16.8. The molecule has 2 amide bonds. The number of halogens is 2. The third-order valence-electron chi connectivity index (χ3n) is 2.73. The van der Waals surface area contributed by atoms with Crippen LogP contribution in [0.25, 0.3) is 0 Å². The Morgan fingerprint density at radius 2 is 1.73 bits per heavy atom. The fourth-order valence-electron chi connectivity index (χ4n) is 1.48. The Morgan fingerprint density at radius 3 is 2.23 bits per heavy atom. The van der Waals surface area contributed by atoms with Gasteiger partial charge in [0.2, 0.25) is 11.8 Å². The molecule has 1 rings (SSSR count). The molecular formula is C15H20F2N2O3. The molecule has 0 aliphatic heterocycles. The summed E-state index contributed by atoms with van der Waals surface area (Å²) in [6, 6.07) is 5.95. The van der Waals surface area contributed by atoms with Crippen LogP contribution in [0.2, 0.25) is 0 Å². The molecule has 0 spiro atoms. The predicted molar refractivity (Wildman–Crippen MR) is 77.4 cm³/mol. The van der Waals surface area contributed by atoms with Crippen LogP contribution in [0, 0.1) is 5.41 Å². The highest BCUT2D eigenvalue weighted by Gasteiger charge is 2.21. The molecule has 7 heteroatoms. The van der Waals surface area contributed by atoms with Gasteiger partial charge in [-0.1, -0.05) is 32.9 Å². The number of amides is 2. The number of carbonyl (C=O) groups excluding carboxylic acids is 2. The third-order valence-corrected chi connectivity index (χ3v) is 2.73. The van der Waals surface area contributed by atoms with E-state index in [1.807, 2.05) is 0 Å². The van der Waals surface area contributed by atoms with Gasteiger partial charge in [-0.3, -0.25) is 9.59 Å². The first-order chi connectivity index (χ1) is 10.2. The highest BCUT2D eigenvalue weighted by molar-refractivity contribution is 5.87. The second kappa shape index (κ2) is 7.72. The topological polar surface area (TPSA) is 67.4 Å². The summed E-state index contributed by atoms with van der Waals surface area (Å²) in [5.41, 5.74) is 0.179. The van der Waals surface area contributed by atoms with Crippen molar-refractivity contribution >= 4 is 11.8 Å². The zero-order valence-corrected chi connectivity index (χ0v) is 12.8. The Hall–Kier alpha value is -2.18. The van der Waals surface area contributed by atoms with Crippen LogP contribution >= 0.6 is 0 Å². The van der Waals surface area contributed by atoms with Crippen LogP contribution < -0.4 is 15.4 Å². The molecule has 0 saturated heterocycles. The van der Waals surface area contributed by atoms with E-state index in [0.29, 0.717) is 0 Å². The lowest BCUT2D eigenvalue weighted by atomic mass is 9.96. The van der Waals surface area contributed by atoms with Crippen LogP contribution in [0.1, 0.15) is 26.3 Å². The van der Waals surface area contributed by atoms with Gasteiger partial charge in [-0.2, -0.15) is 8.78 Å². The molecular weight excluding hydrogens is 294 g/mol. The van der Waals surface area contributed by atoms with Crippen molar-refractivity contribution in [3.8, 4) is 5.75 Å². The number of alkyl halides is 2. The van der Waals surface area contributed by atoms with Crippen molar-refractivity contribution in [2.24, 2.45) is 5.41 Å². The first-order valence-electron chi connectivity index (χ1n) is 6.77. The van der Waals surface area contributed by atoms with Crippen LogP contribution in [0.5, 0.6) is 5.75 Å². The summed E-state index contributed by atoms with van der Waals surface area (Å²) in [7, 11) is 0. The monoisotopic (exact) mass is 314 g/mol. The molecule has 22 heavy (non-hydrogen) atoms. The van der Waals surface area contributed by atoms with E-state index < -0.39 is 12.0 Å². The molecule has 0 bridgehead atoms. The Kier molecular flexibility index (Phi) is 6.27. The molecule has 1 aromatic rings. The lowest BCUT2D eigenvalue weighted by Gasteiger charge is -2.17. The minimum absolute atomic E-state index is 0.0579. The maximum absolute atomic E-state index is 12.0. The van der Waals surface area contributed by atoms with E-state index in [1.165, 1.54) is 12.1 Å². The van der Waals surface area contributed by atoms with Gasteiger partial charge in [-0.25, -0.2) is 0 Å². The van der Waals surface area contributed by atoms with E-state index in [0.717, 1.165) is 5.56 Å². The van der Waals surface area contributed by atoms with Crippen LogP contribution in [0.4, 0.5) is 8.78 Å². The molecule has 0 heterocycles. The van der Waals surface area contributed by atoms with Crippen LogP contribution in [0.15, 0.2) is 24.3 Å². The SMILES string of the molecule is CC(C)(C)C(=O)NCC(=O)NCc1ccc(OC(F)F)cc1. The summed E-state index contributed by atoms with van der Waals surface area (Å²) in [6.45, 7) is 2.52. The number of hydrogen-bond donors (Lipinski definition) is 2. The Balaban J connectivity index is 2.36. The van der Waals surface area contributed by atoms with E-state index in [9.17, 15) is 18.4 Å². The zero-order valence-electron chi connectivity index (χ0n) is 12.8. The van der Waals surface area contributed by atoms with Crippen molar-refractivity contribution in [1.82, 2.24) is 10.6 Å². The minimum atomic E-state index is -2.86. The number of carbonyl (C=O) groups is 2. The lowest BCUT2D eigenvalue weighted by molar-refractivity contribution is -0.131. The smallest absolute Gasteiger partial charge is 0.387 e. The van der Waals surface area contributed by atoms with Crippen molar-refractivity contribution in [1.29, 1.82) is 0 Å². The lowest BCUT2D eigenvalue weighted by Crippen LogP contribution is -2.41. The van der Waals surface area contributed by atoms with Gasteiger partial charge in [0.15, 0.2) is 0 Å². The van der Waals surface area contributed by atoms with Crippen molar-refractivity contribution in [3.05, 3.63) is 29.8 Å². The van der Waals surface area contributed by atoms with Crippen LogP contribution in [-0.2, 0) is 16.1 Å². The number of benzene rings is 1. The molecule has 0 aliphatic carbocycles. The van der Waals surface area contributed by atoms with E-state index >= 15 is 0 Å². The summed E-state index contributed by atoms with van der Waals surface area (Å²) in [6.07, 6.45) is 0. The summed E-state index contributed by atoms with van der Waals surface area (Å²) < 4.78 is 28.2. The summed E-state index contributed by atoms with van der Waals surface area (Å²) in [5.74, 6) is -0.482. The minimum Gasteiger partial charge on any atom is -0.435 e. The second-order valence-electron chi connectivity index (χ2n) is 5.73. The standard InChI is InChI=1S/C15H20F2N2O3/c1-15(2,3)13(21)19-9-12(20)18-8-10-4-6-11(7-5-10)22-14(16)17/h4-7,14H,8-9H2,1-3H3,(H,18,20)(H,19,21). The molecule has 0 unspecified atom stereocenters. The largest absolute Gasteiger partial charge is 0.435 e. The number of rotatable bonds is 6. The van der Waals surface area contributed by atoms with Crippen LogP contribution in [-0.4, -0.2) is 25.0 Å². The average Bonchev–Trinajstić information content (AvgIpc) is 2.42. The predicted octanol–water partition coefficient (Wildman–Crippen LogP) is 2.07. The second-order valence-corrected chi connectivity index (χ2v) is 5.73. The molecule has 0 fully saturated rings. The Labute approximate surface area is 128 Å². The average molecular weight is 314 g/mol. The summed E-state index contributed by atoms with van der Waals surface area (Å²) >= 11 is 0. The fourth-order valence-corrected chi connectivity index (χ4v) is 1.48. The van der Waals surface area contributed by atoms with Gasteiger partial charge in [0.05, 0.1) is 6.54 Å². The highest BCUT2D eigenvalue weighted by atomic mass is 19.3. The van der Waals surface area contributed by atoms with Crippen molar-refractivity contribution < 1.29 is 23.1 Å². The molecule has 0 saturated carbocycles. The van der Waals surface area contributed by atoms with E-state index in [2.05, 4.69) is 15.4 Å². The first kappa shape index (κ1) is 17.9. The van der Waals surface area contributed by atoms with Gasteiger partial charge in [0, 0.05) is 12.0 Å². The Bertz CT molecular complexity index is 511.